The van der Waals surface area contributed by atoms with Gasteiger partial charge in [0, 0.05) is 6.42 Å². The van der Waals surface area contributed by atoms with E-state index in [4.69, 9.17) is 15.9 Å². The van der Waals surface area contributed by atoms with Crippen LogP contribution in [0.5, 0.6) is 0 Å². The summed E-state index contributed by atoms with van der Waals surface area (Å²) in [7, 11) is 0. The predicted molar refractivity (Wildman–Crippen MR) is 73.0 cm³/mol. The highest BCUT2D eigenvalue weighted by molar-refractivity contribution is 5.81. The lowest BCUT2D eigenvalue weighted by Crippen LogP contribution is -2.63. The van der Waals surface area contributed by atoms with Gasteiger partial charge in [0.15, 0.2) is 12.4 Å². The number of carbonyl (C=O) groups excluding carboxylic acids is 2. The number of amides is 1. The minimum Gasteiger partial charge on any atom is -0.452 e. The van der Waals surface area contributed by atoms with E-state index in [-0.39, 0.29) is 39.3 Å². The van der Waals surface area contributed by atoms with E-state index < -0.39 is 23.2 Å². The quantitative estimate of drug-likeness (QED) is 0.511. The summed E-state index contributed by atoms with van der Waals surface area (Å²) in [4.78, 5) is 23.1. The zero-order chi connectivity index (χ0) is 15.9. The smallest absolute Gasteiger partial charge is 0.307 e. The highest BCUT2D eigenvalue weighted by atomic mass is 16.7. The molecule has 0 radical (unpaired) electrons. The summed E-state index contributed by atoms with van der Waals surface area (Å²) < 4.78 is 15.5. The van der Waals surface area contributed by atoms with E-state index in [9.17, 15) is 14.7 Å². The van der Waals surface area contributed by atoms with Gasteiger partial charge in [0.05, 0.1) is 26.2 Å². The average Bonchev–Trinajstić information content (AvgIpc) is 2.45. The Labute approximate surface area is 123 Å². The highest BCUT2D eigenvalue weighted by Gasteiger charge is 2.40. The molecular formula is C14H21NO6. The molecule has 0 unspecified atom stereocenters. The molecule has 2 N–H and O–H groups in total. The van der Waals surface area contributed by atoms with Crippen LogP contribution >= 0.6 is 0 Å². The van der Waals surface area contributed by atoms with Crippen molar-refractivity contribution in [1.29, 1.82) is 0 Å². The Balaban J connectivity index is 2.42. The maximum atomic E-state index is 11.8. The Hall–Kier alpha value is -1.62. The number of hydrogen-bond acceptors (Lipinski definition) is 6. The molecule has 0 aliphatic carbocycles. The number of ether oxygens (including phenoxy) is 3. The molecule has 7 nitrogen and oxygen atoms in total. The first-order chi connectivity index (χ1) is 9.82. The number of aliphatic hydroxyl groups excluding tert-OH is 1. The molecule has 0 atom stereocenters. The van der Waals surface area contributed by atoms with Crippen molar-refractivity contribution < 1.29 is 28.9 Å². The van der Waals surface area contributed by atoms with Gasteiger partial charge in [-0.3, -0.25) is 9.59 Å². The lowest BCUT2D eigenvalue weighted by atomic mass is 10.0. The predicted octanol–water partition coefficient (Wildman–Crippen LogP) is -0.427. The average molecular weight is 299 g/mol. The van der Waals surface area contributed by atoms with Crippen LogP contribution in [0.1, 0.15) is 26.7 Å². The molecule has 0 aromatic carbocycles. The van der Waals surface area contributed by atoms with Gasteiger partial charge in [-0.15, -0.1) is 6.42 Å². The maximum Gasteiger partial charge on any atom is 0.307 e. The summed E-state index contributed by atoms with van der Waals surface area (Å²) in [6, 6.07) is 0. The van der Waals surface area contributed by atoms with Crippen LogP contribution < -0.4 is 5.32 Å². The van der Waals surface area contributed by atoms with Gasteiger partial charge >= 0.3 is 5.97 Å². The van der Waals surface area contributed by atoms with Crippen LogP contribution in [0.2, 0.25) is 0 Å². The molecule has 1 rings (SSSR count). The summed E-state index contributed by atoms with van der Waals surface area (Å²) in [5.74, 6) is 0.480. The van der Waals surface area contributed by atoms with Crippen LogP contribution in [0.3, 0.4) is 0 Å². The van der Waals surface area contributed by atoms with Gasteiger partial charge in [-0.05, 0) is 13.8 Å². The molecule has 0 saturated carbocycles. The monoisotopic (exact) mass is 299 g/mol. The van der Waals surface area contributed by atoms with Crippen molar-refractivity contribution >= 4 is 11.9 Å². The molecule has 118 valence electrons. The van der Waals surface area contributed by atoms with Crippen LogP contribution in [0.25, 0.3) is 0 Å². The Morgan fingerprint density at radius 2 is 1.95 bits per heavy atom. The third kappa shape index (κ3) is 5.71. The second kappa shape index (κ2) is 7.41. The summed E-state index contributed by atoms with van der Waals surface area (Å²) in [5.41, 5.74) is -0.991. The van der Waals surface area contributed by atoms with Crippen LogP contribution in [0.15, 0.2) is 0 Å². The molecule has 0 aromatic heterocycles. The molecule has 1 heterocycles. The highest BCUT2D eigenvalue weighted by Crippen LogP contribution is 2.23. The summed E-state index contributed by atoms with van der Waals surface area (Å²) >= 11 is 0. The minimum absolute atomic E-state index is 0.0610. The van der Waals surface area contributed by atoms with E-state index in [2.05, 4.69) is 16.0 Å². The molecule has 1 saturated heterocycles. The van der Waals surface area contributed by atoms with Gasteiger partial charge in [0.1, 0.15) is 5.54 Å². The second-order valence-corrected chi connectivity index (χ2v) is 5.33. The van der Waals surface area contributed by atoms with Gasteiger partial charge in [0.25, 0.3) is 0 Å². The second-order valence-electron chi connectivity index (χ2n) is 5.33. The van der Waals surface area contributed by atoms with Crippen molar-refractivity contribution in [2.24, 2.45) is 0 Å². The first-order valence-corrected chi connectivity index (χ1v) is 6.61. The zero-order valence-corrected chi connectivity index (χ0v) is 12.3. The van der Waals surface area contributed by atoms with Gasteiger partial charge in [-0.1, -0.05) is 5.92 Å². The van der Waals surface area contributed by atoms with E-state index in [1.165, 1.54) is 0 Å². The number of rotatable bonds is 6. The van der Waals surface area contributed by atoms with E-state index in [1.807, 2.05) is 0 Å². The van der Waals surface area contributed by atoms with Crippen LogP contribution in [0.4, 0.5) is 0 Å². The van der Waals surface area contributed by atoms with Crippen molar-refractivity contribution in [2.45, 2.75) is 38.0 Å². The standard InChI is InChI=1S/C14H21NO6/c1-4-7-19-12(18)6-5-11(17)15-14(8-16)9-20-13(2,3)21-10-14/h1,16H,5-10H2,2-3H3,(H,15,17). The number of terminal acetylenes is 1. The Morgan fingerprint density at radius 3 is 2.48 bits per heavy atom. The molecule has 0 aromatic rings. The van der Waals surface area contributed by atoms with Gasteiger partial charge in [-0.2, -0.15) is 0 Å². The summed E-state index contributed by atoms with van der Waals surface area (Å²) in [5, 5.41) is 12.1. The van der Waals surface area contributed by atoms with Crippen molar-refractivity contribution in [3.8, 4) is 12.3 Å². The normalized spacial score (nSPS) is 19.3. The minimum atomic E-state index is -0.991. The number of carbonyl (C=O) groups is 2. The van der Waals surface area contributed by atoms with Gasteiger partial charge in [-0.25, -0.2) is 0 Å². The lowest BCUT2D eigenvalue weighted by molar-refractivity contribution is -0.274. The fraction of sp³-hybridized carbons (Fsp3) is 0.714. The van der Waals surface area contributed by atoms with Gasteiger partial charge in [0.2, 0.25) is 5.91 Å². The molecule has 1 amide bonds. The fourth-order valence-electron chi connectivity index (χ4n) is 1.68. The van der Waals surface area contributed by atoms with E-state index >= 15 is 0 Å². The SMILES string of the molecule is C#CCOC(=O)CCC(=O)NC1(CO)COC(C)(C)OC1. The van der Waals surface area contributed by atoms with E-state index in [0.717, 1.165) is 0 Å². The molecule has 1 aliphatic rings. The Kier molecular flexibility index (Phi) is 6.15. The third-order valence-electron chi connectivity index (χ3n) is 2.97. The number of aliphatic hydroxyl groups is 1. The molecule has 1 aliphatic heterocycles. The first kappa shape index (κ1) is 17.4. The molecule has 7 heteroatoms. The molecule has 0 bridgehead atoms. The largest absolute Gasteiger partial charge is 0.452 e. The maximum absolute atomic E-state index is 11.8. The van der Waals surface area contributed by atoms with Crippen molar-refractivity contribution in [3.63, 3.8) is 0 Å². The Morgan fingerprint density at radius 1 is 1.33 bits per heavy atom. The van der Waals surface area contributed by atoms with Crippen LogP contribution in [-0.2, 0) is 23.8 Å². The third-order valence-corrected chi connectivity index (χ3v) is 2.97. The van der Waals surface area contributed by atoms with E-state index in [1.54, 1.807) is 13.8 Å². The summed E-state index contributed by atoms with van der Waals surface area (Å²) in [6.45, 7) is 3.32. The van der Waals surface area contributed by atoms with Gasteiger partial charge < -0.3 is 24.6 Å². The molecule has 1 fully saturated rings. The topological polar surface area (TPSA) is 94.1 Å². The first-order valence-electron chi connectivity index (χ1n) is 6.61. The van der Waals surface area contributed by atoms with Crippen molar-refractivity contribution in [3.05, 3.63) is 0 Å². The zero-order valence-electron chi connectivity index (χ0n) is 12.3. The van der Waals surface area contributed by atoms with Crippen molar-refractivity contribution in [2.75, 3.05) is 26.4 Å². The molecule has 0 spiro atoms. The fourth-order valence-corrected chi connectivity index (χ4v) is 1.68. The lowest BCUT2D eigenvalue weighted by Gasteiger charge is -2.42. The molecular weight excluding hydrogens is 278 g/mol. The van der Waals surface area contributed by atoms with Crippen LogP contribution in [0, 0.1) is 12.3 Å². The van der Waals surface area contributed by atoms with E-state index in [0.29, 0.717) is 0 Å². The number of nitrogens with one attached hydrogen (secondary N) is 1. The van der Waals surface area contributed by atoms with Crippen molar-refractivity contribution in [1.82, 2.24) is 5.32 Å². The Bertz CT molecular complexity index is 416. The van der Waals surface area contributed by atoms with Crippen LogP contribution in [-0.4, -0.2) is 54.7 Å². The summed E-state index contributed by atoms with van der Waals surface area (Å²) in [6.07, 6.45) is 4.81. The number of hydrogen-bond donors (Lipinski definition) is 2. The molecule has 21 heavy (non-hydrogen) atoms. The number of esters is 1.